The van der Waals surface area contributed by atoms with Crippen molar-refractivity contribution in [2.75, 3.05) is 6.61 Å². The van der Waals surface area contributed by atoms with Gasteiger partial charge in [0.1, 0.15) is 16.1 Å². The molecule has 1 heterocycles. The minimum absolute atomic E-state index is 0.119. The Bertz CT molecular complexity index is 884. The molecule has 0 unspecified atom stereocenters. The number of thioether (sulfide) groups is 1. The highest BCUT2D eigenvalue weighted by Gasteiger charge is 2.22. The number of rotatable bonds is 12. The van der Waals surface area contributed by atoms with Gasteiger partial charge in [-0.15, -0.1) is 0 Å². The van der Waals surface area contributed by atoms with Crippen molar-refractivity contribution in [3.63, 3.8) is 0 Å². The Morgan fingerprint density at radius 2 is 1.87 bits per heavy atom. The van der Waals surface area contributed by atoms with Gasteiger partial charge >= 0.3 is 11.9 Å². The number of unbranched alkanes of at least 4 members (excludes halogenated alkanes) is 1. The van der Waals surface area contributed by atoms with E-state index >= 15 is 0 Å². The fourth-order valence-corrected chi connectivity index (χ4v) is 3.65. The van der Waals surface area contributed by atoms with E-state index in [1.807, 2.05) is 12.1 Å². The van der Waals surface area contributed by atoms with Crippen LogP contribution in [0, 0.1) is 0 Å². The van der Waals surface area contributed by atoms with Crippen molar-refractivity contribution in [3.05, 3.63) is 34.7 Å². The molecule has 1 aliphatic heterocycles. The lowest BCUT2D eigenvalue weighted by Gasteiger charge is -2.13. The number of carbonyl (C=O) groups is 4. The molecule has 0 bridgehead atoms. The third-order valence-corrected chi connectivity index (χ3v) is 5.33. The van der Waals surface area contributed by atoms with Gasteiger partial charge in [0.2, 0.25) is 5.91 Å². The molecule has 166 valence electrons. The molecule has 1 saturated heterocycles. The number of hydrogen-bond acceptors (Lipinski definition) is 7. The molecule has 2 amide bonds. The van der Waals surface area contributed by atoms with Gasteiger partial charge in [-0.05, 0) is 43.0 Å². The van der Waals surface area contributed by atoms with Gasteiger partial charge in [-0.3, -0.25) is 14.4 Å². The second-order valence-electron chi connectivity index (χ2n) is 6.62. The molecule has 11 heteroatoms. The van der Waals surface area contributed by atoms with E-state index in [9.17, 15) is 19.2 Å². The number of carbonyl (C=O) groups excluding carboxylic acids is 2. The van der Waals surface area contributed by atoms with E-state index in [0.717, 1.165) is 5.56 Å². The second kappa shape index (κ2) is 12.1. The zero-order valence-corrected chi connectivity index (χ0v) is 18.1. The zero-order valence-electron chi connectivity index (χ0n) is 16.5. The molecule has 1 fully saturated rings. The first kappa shape index (κ1) is 24.4. The number of nitrogens with one attached hydrogen (secondary N) is 2. The first-order chi connectivity index (χ1) is 14.7. The Hall–Kier alpha value is -2.92. The predicted molar refractivity (Wildman–Crippen MR) is 119 cm³/mol. The minimum atomic E-state index is -1.26. The minimum Gasteiger partial charge on any atom is -0.494 e. The summed E-state index contributed by atoms with van der Waals surface area (Å²) in [4.78, 5) is 45.7. The van der Waals surface area contributed by atoms with E-state index in [-0.39, 0.29) is 25.2 Å². The van der Waals surface area contributed by atoms with Crippen molar-refractivity contribution in [1.29, 1.82) is 0 Å². The van der Waals surface area contributed by atoms with Gasteiger partial charge in [0, 0.05) is 12.8 Å². The Morgan fingerprint density at radius 3 is 2.45 bits per heavy atom. The quantitative estimate of drug-likeness (QED) is 0.207. The zero-order chi connectivity index (χ0) is 22.8. The maximum Gasteiger partial charge on any atom is 0.326 e. The molecule has 1 aliphatic rings. The molecule has 0 radical (unpaired) electrons. The molecular weight excluding hydrogens is 444 g/mol. The maximum atomic E-state index is 11.9. The Balaban J connectivity index is 1.68. The summed E-state index contributed by atoms with van der Waals surface area (Å²) in [6.07, 6.45) is 2.44. The van der Waals surface area contributed by atoms with Gasteiger partial charge in [-0.1, -0.05) is 36.1 Å². The van der Waals surface area contributed by atoms with Crippen molar-refractivity contribution >= 4 is 58.1 Å². The van der Waals surface area contributed by atoms with E-state index in [4.69, 9.17) is 27.2 Å². The number of hydrogen-bond donors (Lipinski definition) is 4. The summed E-state index contributed by atoms with van der Waals surface area (Å²) in [6.45, 7) is 0.377. The van der Waals surface area contributed by atoms with E-state index in [1.165, 1.54) is 11.8 Å². The molecule has 0 aromatic heterocycles. The van der Waals surface area contributed by atoms with Gasteiger partial charge in [-0.25, -0.2) is 4.79 Å². The smallest absolute Gasteiger partial charge is 0.326 e. The highest BCUT2D eigenvalue weighted by molar-refractivity contribution is 8.26. The summed E-state index contributed by atoms with van der Waals surface area (Å²) in [5, 5.41) is 22.6. The van der Waals surface area contributed by atoms with Crippen LogP contribution in [0.3, 0.4) is 0 Å². The topological polar surface area (TPSA) is 142 Å². The lowest BCUT2D eigenvalue weighted by Crippen LogP contribution is -2.41. The molecule has 4 N–H and O–H groups in total. The predicted octanol–water partition coefficient (Wildman–Crippen LogP) is 2.16. The molecular formula is C20H22N2O7S2. The van der Waals surface area contributed by atoms with E-state index in [0.29, 0.717) is 34.4 Å². The largest absolute Gasteiger partial charge is 0.494 e. The number of aliphatic carboxylic acids is 2. The first-order valence-corrected chi connectivity index (χ1v) is 10.7. The van der Waals surface area contributed by atoms with Crippen molar-refractivity contribution in [2.45, 2.75) is 38.1 Å². The Kier molecular flexibility index (Phi) is 9.47. The van der Waals surface area contributed by atoms with E-state index in [2.05, 4.69) is 10.6 Å². The monoisotopic (exact) mass is 466 g/mol. The summed E-state index contributed by atoms with van der Waals surface area (Å²) < 4.78 is 6.05. The van der Waals surface area contributed by atoms with E-state index in [1.54, 1.807) is 18.2 Å². The van der Waals surface area contributed by atoms with Crippen LogP contribution in [0.2, 0.25) is 0 Å². The molecule has 1 aromatic rings. The normalized spacial score (nSPS) is 15.4. The lowest BCUT2D eigenvalue weighted by atomic mass is 10.1. The van der Waals surface area contributed by atoms with Crippen molar-refractivity contribution in [3.8, 4) is 5.75 Å². The van der Waals surface area contributed by atoms with Gasteiger partial charge in [0.25, 0.3) is 5.91 Å². The molecule has 9 nitrogen and oxygen atoms in total. The van der Waals surface area contributed by atoms with Crippen LogP contribution in [0.4, 0.5) is 0 Å². The maximum absolute atomic E-state index is 11.9. The molecule has 31 heavy (non-hydrogen) atoms. The summed E-state index contributed by atoms with van der Waals surface area (Å²) >= 11 is 6.16. The van der Waals surface area contributed by atoms with Gasteiger partial charge in [0.05, 0.1) is 11.5 Å². The van der Waals surface area contributed by atoms with Crippen LogP contribution in [0.1, 0.15) is 37.7 Å². The van der Waals surface area contributed by atoms with Crippen LogP contribution in [-0.2, 0) is 19.2 Å². The fraction of sp³-hybridized carbons (Fsp3) is 0.350. The third kappa shape index (κ3) is 8.77. The summed E-state index contributed by atoms with van der Waals surface area (Å²) in [5.41, 5.74) is 0.835. The second-order valence-corrected chi connectivity index (χ2v) is 8.34. The van der Waals surface area contributed by atoms with Gasteiger partial charge in [-0.2, -0.15) is 0 Å². The SMILES string of the molecule is O=C(O)CC[C@@H](NC(=O)CCCCOc1ccc(/C=C2\SC(=S)NC2=O)cc1)C(=O)O. The number of ether oxygens (including phenoxy) is 1. The fourth-order valence-electron chi connectivity index (χ4n) is 2.60. The Labute approximate surface area is 188 Å². The van der Waals surface area contributed by atoms with Crippen LogP contribution >= 0.6 is 24.0 Å². The summed E-state index contributed by atoms with van der Waals surface area (Å²) in [5.74, 6) is -2.38. The van der Waals surface area contributed by atoms with Crippen LogP contribution in [0.5, 0.6) is 5.75 Å². The first-order valence-electron chi connectivity index (χ1n) is 9.46. The highest BCUT2D eigenvalue weighted by atomic mass is 32.2. The number of thiocarbonyl (C=S) groups is 1. The summed E-state index contributed by atoms with van der Waals surface area (Å²) in [7, 11) is 0. The van der Waals surface area contributed by atoms with Gasteiger partial charge < -0.3 is 25.6 Å². The highest BCUT2D eigenvalue weighted by Crippen LogP contribution is 2.26. The van der Waals surface area contributed by atoms with Crippen LogP contribution in [0.15, 0.2) is 29.2 Å². The third-order valence-electron chi connectivity index (χ3n) is 4.17. The lowest BCUT2D eigenvalue weighted by molar-refractivity contribution is -0.143. The van der Waals surface area contributed by atoms with E-state index < -0.39 is 23.9 Å². The number of carboxylic acid groups (broad SMARTS) is 2. The van der Waals surface area contributed by atoms with Crippen LogP contribution < -0.4 is 15.4 Å². The molecule has 1 atom stereocenters. The van der Waals surface area contributed by atoms with Crippen molar-refractivity contribution < 1.29 is 34.1 Å². The molecule has 0 saturated carbocycles. The van der Waals surface area contributed by atoms with Crippen molar-refractivity contribution in [2.24, 2.45) is 0 Å². The standard InChI is InChI=1S/C20H22N2O7S2/c23-16(21-14(19(27)28)8-9-17(24)25)3-1-2-10-29-13-6-4-12(5-7-13)11-15-18(26)22-20(30)31-15/h4-7,11,14H,1-3,8-10H2,(H,21,23)(H,24,25)(H,27,28)(H,22,26,30)/b15-11-/t14-/m1/s1. The molecule has 0 aliphatic carbocycles. The number of amides is 2. The summed E-state index contributed by atoms with van der Waals surface area (Å²) in [6, 6.07) is 5.96. The van der Waals surface area contributed by atoms with Crippen LogP contribution in [0.25, 0.3) is 6.08 Å². The van der Waals surface area contributed by atoms with Crippen LogP contribution in [-0.4, -0.2) is 50.9 Å². The number of benzene rings is 1. The van der Waals surface area contributed by atoms with Crippen molar-refractivity contribution in [1.82, 2.24) is 10.6 Å². The molecule has 0 spiro atoms. The average Bonchev–Trinajstić information content (AvgIpc) is 3.02. The average molecular weight is 467 g/mol. The number of carboxylic acids is 2. The Morgan fingerprint density at radius 1 is 1.16 bits per heavy atom. The molecule has 1 aromatic carbocycles. The molecule has 2 rings (SSSR count). The van der Waals surface area contributed by atoms with Gasteiger partial charge in [0.15, 0.2) is 0 Å².